The number of aromatic nitrogens is 1. The minimum atomic E-state index is -3.86. The van der Waals surface area contributed by atoms with Gasteiger partial charge in [-0.3, -0.25) is 0 Å². The molecular weight excluding hydrogens is 408 g/mol. The highest BCUT2D eigenvalue weighted by Crippen LogP contribution is 2.33. The van der Waals surface area contributed by atoms with Gasteiger partial charge in [-0.15, -0.1) is 0 Å². The van der Waals surface area contributed by atoms with Crippen LogP contribution >= 0.6 is 0 Å². The van der Waals surface area contributed by atoms with Crippen molar-refractivity contribution in [3.63, 3.8) is 0 Å². The Morgan fingerprint density at radius 2 is 1.55 bits per heavy atom. The molecule has 1 aromatic heterocycles. The molecule has 0 saturated carbocycles. The second kappa shape index (κ2) is 8.78. The lowest BCUT2D eigenvalue weighted by Gasteiger charge is -2.07. The van der Waals surface area contributed by atoms with E-state index in [-0.39, 0.29) is 21.7 Å². The summed E-state index contributed by atoms with van der Waals surface area (Å²) >= 11 is 0. The molecule has 31 heavy (non-hydrogen) atoms. The van der Waals surface area contributed by atoms with Crippen LogP contribution in [-0.4, -0.2) is 13.4 Å². The van der Waals surface area contributed by atoms with E-state index < -0.39 is 9.84 Å². The van der Waals surface area contributed by atoms with Crippen molar-refractivity contribution in [3.8, 4) is 11.5 Å². The number of rotatable bonds is 7. The summed E-state index contributed by atoms with van der Waals surface area (Å²) in [6.45, 7) is 4.43. The largest absolute Gasteiger partial charge is 0.419 e. The third-order valence-electron chi connectivity index (χ3n) is 5.09. The Balaban J connectivity index is 1.75. The highest BCUT2D eigenvalue weighted by molar-refractivity contribution is 7.91. The average Bonchev–Trinajstić information content (AvgIpc) is 3.24. The van der Waals surface area contributed by atoms with Crippen molar-refractivity contribution in [2.45, 2.75) is 36.7 Å². The van der Waals surface area contributed by atoms with Gasteiger partial charge in [-0.2, -0.15) is 4.98 Å². The molecule has 0 aliphatic carbocycles. The molecule has 3 aromatic carbocycles. The lowest BCUT2D eigenvalue weighted by Crippen LogP contribution is -2.07. The van der Waals surface area contributed by atoms with Gasteiger partial charge in [0.05, 0.1) is 4.90 Å². The number of hydrogen-bond acceptors (Lipinski definition) is 5. The first-order chi connectivity index (χ1) is 15.0. The van der Waals surface area contributed by atoms with Gasteiger partial charge in [0.2, 0.25) is 26.6 Å². The van der Waals surface area contributed by atoms with Gasteiger partial charge in [-0.05, 0) is 48.7 Å². The molecule has 0 aliphatic heterocycles. The molecule has 0 saturated heterocycles. The summed E-state index contributed by atoms with van der Waals surface area (Å²) < 4.78 is 32.7. The number of oxazole rings is 1. The van der Waals surface area contributed by atoms with Crippen molar-refractivity contribution in [1.82, 2.24) is 4.98 Å². The molecule has 0 bridgehead atoms. The minimum absolute atomic E-state index is 0.108. The van der Waals surface area contributed by atoms with Crippen molar-refractivity contribution in [2.24, 2.45) is 0 Å². The molecule has 158 valence electrons. The predicted octanol–water partition coefficient (Wildman–Crippen LogP) is 5.66. The number of nitrogens with zero attached hydrogens (tertiary/aromatic N) is 1. The van der Waals surface area contributed by atoms with Gasteiger partial charge in [-0.1, -0.05) is 67.1 Å². The highest BCUT2D eigenvalue weighted by Gasteiger charge is 2.28. The van der Waals surface area contributed by atoms with E-state index in [0.717, 1.165) is 28.7 Å². The number of nitrogens with one attached hydrogen (secondary N) is 1. The summed E-state index contributed by atoms with van der Waals surface area (Å²) in [6.07, 6.45) is 0.839. The molecule has 0 radical (unpaired) electrons. The van der Waals surface area contributed by atoms with E-state index in [2.05, 4.69) is 10.3 Å². The lowest BCUT2D eigenvalue weighted by atomic mass is 10.1. The van der Waals surface area contributed by atoms with Gasteiger partial charge < -0.3 is 9.73 Å². The van der Waals surface area contributed by atoms with Crippen molar-refractivity contribution < 1.29 is 12.8 Å². The fourth-order valence-electron chi connectivity index (χ4n) is 3.21. The van der Waals surface area contributed by atoms with Crippen LogP contribution in [0.15, 0.2) is 93.2 Å². The van der Waals surface area contributed by atoms with Crippen molar-refractivity contribution in [2.75, 3.05) is 5.32 Å². The minimum Gasteiger partial charge on any atom is -0.419 e. The SMILES string of the molecule is CCc1ccc(S(=O)(=O)c2nc(-c3ccc(C)cc3)oc2NCc2ccccc2)cc1. The van der Waals surface area contributed by atoms with Crippen molar-refractivity contribution in [3.05, 3.63) is 95.6 Å². The first kappa shape index (κ1) is 20.9. The molecule has 1 heterocycles. The van der Waals surface area contributed by atoms with Crippen LogP contribution in [0.5, 0.6) is 0 Å². The summed E-state index contributed by atoms with van der Waals surface area (Å²) in [6, 6.07) is 24.2. The Kier molecular flexibility index (Phi) is 5.91. The quantitative estimate of drug-likeness (QED) is 0.408. The third kappa shape index (κ3) is 4.54. The molecule has 0 atom stereocenters. The zero-order valence-electron chi connectivity index (χ0n) is 17.5. The van der Waals surface area contributed by atoms with Crippen LogP contribution in [0, 0.1) is 6.92 Å². The number of anilines is 1. The predicted molar refractivity (Wildman–Crippen MR) is 122 cm³/mol. The van der Waals surface area contributed by atoms with Gasteiger partial charge in [0.25, 0.3) is 0 Å². The average molecular weight is 433 g/mol. The zero-order chi connectivity index (χ0) is 21.8. The van der Waals surface area contributed by atoms with E-state index in [1.165, 1.54) is 0 Å². The summed E-state index contributed by atoms with van der Waals surface area (Å²) in [5, 5.41) is 3.01. The monoisotopic (exact) mass is 432 g/mol. The molecule has 5 nitrogen and oxygen atoms in total. The fraction of sp³-hybridized carbons (Fsp3) is 0.160. The van der Waals surface area contributed by atoms with E-state index >= 15 is 0 Å². The molecule has 0 amide bonds. The van der Waals surface area contributed by atoms with E-state index in [1.54, 1.807) is 12.1 Å². The fourth-order valence-corrected chi connectivity index (χ4v) is 4.49. The van der Waals surface area contributed by atoms with Crippen LogP contribution in [-0.2, 0) is 22.8 Å². The molecule has 4 rings (SSSR count). The van der Waals surface area contributed by atoms with E-state index in [1.807, 2.05) is 80.6 Å². The number of sulfone groups is 1. The number of hydrogen-bond donors (Lipinski definition) is 1. The van der Waals surface area contributed by atoms with Crippen LogP contribution in [0.25, 0.3) is 11.5 Å². The Morgan fingerprint density at radius 1 is 0.871 bits per heavy atom. The Hall–Kier alpha value is -3.38. The van der Waals surface area contributed by atoms with Gasteiger partial charge in [0, 0.05) is 12.1 Å². The summed E-state index contributed by atoms with van der Waals surface area (Å²) in [5.74, 6) is 0.401. The summed E-state index contributed by atoms with van der Waals surface area (Å²) in [5.41, 5.74) is 3.89. The van der Waals surface area contributed by atoms with Gasteiger partial charge in [-0.25, -0.2) is 8.42 Å². The summed E-state index contributed by atoms with van der Waals surface area (Å²) in [4.78, 5) is 4.59. The maximum absolute atomic E-state index is 13.4. The van der Waals surface area contributed by atoms with E-state index in [9.17, 15) is 8.42 Å². The smallest absolute Gasteiger partial charge is 0.234 e. The molecule has 4 aromatic rings. The Bertz CT molecular complexity index is 1260. The number of aryl methyl sites for hydroxylation is 2. The Morgan fingerprint density at radius 3 is 2.19 bits per heavy atom. The van der Waals surface area contributed by atoms with Gasteiger partial charge in [0.15, 0.2) is 0 Å². The van der Waals surface area contributed by atoms with Gasteiger partial charge in [0.1, 0.15) is 0 Å². The highest BCUT2D eigenvalue weighted by atomic mass is 32.2. The van der Waals surface area contributed by atoms with Crippen LogP contribution in [0.3, 0.4) is 0 Å². The second-order valence-electron chi connectivity index (χ2n) is 7.36. The maximum atomic E-state index is 13.4. The molecule has 0 fully saturated rings. The standard InChI is InChI=1S/C25H24N2O3S/c1-3-19-11-15-22(16-12-19)31(28,29)25-24(26-17-20-7-5-4-6-8-20)30-23(27-25)21-13-9-18(2)10-14-21/h4-16,26H,3,17H2,1-2H3. The Labute approximate surface area is 182 Å². The second-order valence-corrected chi connectivity index (χ2v) is 9.22. The zero-order valence-corrected chi connectivity index (χ0v) is 18.3. The summed E-state index contributed by atoms with van der Waals surface area (Å²) in [7, 11) is -3.86. The van der Waals surface area contributed by atoms with Crippen LogP contribution in [0.4, 0.5) is 5.88 Å². The molecule has 6 heteroatoms. The molecule has 0 aliphatic rings. The van der Waals surface area contributed by atoms with E-state index in [4.69, 9.17) is 4.42 Å². The molecule has 0 spiro atoms. The first-order valence-corrected chi connectivity index (χ1v) is 11.7. The van der Waals surface area contributed by atoms with Crippen LogP contribution < -0.4 is 5.32 Å². The topological polar surface area (TPSA) is 72.2 Å². The van der Waals surface area contributed by atoms with Gasteiger partial charge >= 0.3 is 0 Å². The van der Waals surface area contributed by atoms with Crippen molar-refractivity contribution >= 4 is 15.7 Å². The molecule has 0 unspecified atom stereocenters. The van der Waals surface area contributed by atoms with Crippen molar-refractivity contribution in [1.29, 1.82) is 0 Å². The van der Waals surface area contributed by atoms with Crippen LogP contribution in [0.2, 0.25) is 0 Å². The molecule has 1 N–H and O–H groups in total. The van der Waals surface area contributed by atoms with Crippen LogP contribution in [0.1, 0.15) is 23.6 Å². The first-order valence-electron chi connectivity index (χ1n) is 10.2. The number of benzene rings is 3. The van der Waals surface area contributed by atoms with E-state index in [0.29, 0.717) is 6.54 Å². The maximum Gasteiger partial charge on any atom is 0.234 e. The third-order valence-corrected chi connectivity index (χ3v) is 6.77. The normalized spacial score (nSPS) is 11.4. The lowest BCUT2D eigenvalue weighted by molar-refractivity contribution is 0.576. The molecular formula is C25H24N2O3S.